The van der Waals surface area contributed by atoms with Crippen LogP contribution in [-0.2, 0) is 13.2 Å². The first-order valence-electron chi connectivity index (χ1n) is 7.26. The second-order valence-electron chi connectivity index (χ2n) is 6.52. The Hall–Kier alpha value is -0.970. The molecule has 0 unspecified atom stereocenters. The summed E-state index contributed by atoms with van der Waals surface area (Å²) in [5.41, 5.74) is 1.57. The molecule has 0 atom stereocenters. The molecule has 0 aliphatic carbocycles. The lowest BCUT2D eigenvalue weighted by Gasteiger charge is -2.42. The first-order chi connectivity index (χ1) is 9.40. The smallest absolute Gasteiger partial charge is 0.129 e. The maximum absolute atomic E-state index is 13.6. The summed E-state index contributed by atoms with van der Waals surface area (Å²) < 4.78 is 13.6. The van der Waals surface area contributed by atoms with Gasteiger partial charge >= 0.3 is 0 Å². The molecule has 1 heterocycles. The summed E-state index contributed by atoms with van der Waals surface area (Å²) in [6.07, 6.45) is 0. The van der Waals surface area contributed by atoms with Crippen LogP contribution in [0.2, 0.25) is 0 Å². The van der Waals surface area contributed by atoms with Gasteiger partial charge in [-0.2, -0.15) is 0 Å². The van der Waals surface area contributed by atoms with Gasteiger partial charge in [-0.25, -0.2) is 4.39 Å². The van der Waals surface area contributed by atoms with Gasteiger partial charge < -0.3 is 5.11 Å². The first-order valence-corrected chi connectivity index (χ1v) is 7.26. The third-order valence-electron chi connectivity index (χ3n) is 4.01. The summed E-state index contributed by atoms with van der Waals surface area (Å²) in [6.45, 7) is 11.4. The second kappa shape index (κ2) is 6.20. The molecular formula is C16H25FN2O. The molecule has 4 heteroatoms. The minimum atomic E-state index is -0.307. The van der Waals surface area contributed by atoms with E-state index in [0.717, 1.165) is 38.3 Å². The van der Waals surface area contributed by atoms with E-state index in [9.17, 15) is 4.39 Å². The largest absolute Gasteiger partial charge is 0.392 e. The minimum Gasteiger partial charge on any atom is -0.392 e. The van der Waals surface area contributed by atoms with Crippen LogP contribution in [0.5, 0.6) is 0 Å². The molecule has 0 bridgehead atoms. The number of rotatable bonds is 3. The lowest BCUT2D eigenvalue weighted by Crippen LogP contribution is -2.53. The summed E-state index contributed by atoms with van der Waals surface area (Å²) in [4.78, 5) is 4.84. The standard InChI is InChI=1S/C16H25FN2O/c1-16(2,3)19-8-6-18(7-9-19)11-13-4-5-14(12-20)15(17)10-13/h4-5,10,20H,6-9,11-12H2,1-3H3. The molecule has 0 amide bonds. The fourth-order valence-corrected chi connectivity index (χ4v) is 2.65. The molecule has 1 aliphatic rings. The summed E-state index contributed by atoms with van der Waals surface area (Å²) in [5.74, 6) is -0.307. The Labute approximate surface area is 121 Å². The molecule has 0 aromatic heterocycles. The van der Waals surface area contributed by atoms with Gasteiger partial charge in [0, 0.05) is 43.8 Å². The van der Waals surface area contributed by atoms with E-state index < -0.39 is 0 Å². The Morgan fingerprint density at radius 2 is 1.80 bits per heavy atom. The number of aliphatic hydroxyl groups is 1. The maximum atomic E-state index is 13.6. The van der Waals surface area contributed by atoms with Crippen molar-refractivity contribution in [3.63, 3.8) is 0 Å². The van der Waals surface area contributed by atoms with Crippen LogP contribution in [0.1, 0.15) is 31.9 Å². The van der Waals surface area contributed by atoms with E-state index in [1.807, 2.05) is 6.07 Å². The van der Waals surface area contributed by atoms with Crippen LogP contribution in [0.4, 0.5) is 4.39 Å². The zero-order chi connectivity index (χ0) is 14.8. The zero-order valence-electron chi connectivity index (χ0n) is 12.7. The van der Waals surface area contributed by atoms with Crippen LogP contribution in [0, 0.1) is 5.82 Å². The van der Waals surface area contributed by atoms with Crippen molar-refractivity contribution < 1.29 is 9.50 Å². The average molecular weight is 280 g/mol. The van der Waals surface area contributed by atoms with Crippen molar-refractivity contribution in [2.75, 3.05) is 26.2 Å². The Bertz CT molecular complexity index is 448. The van der Waals surface area contributed by atoms with Crippen molar-refractivity contribution >= 4 is 0 Å². The van der Waals surface area contributed by atoms with Gasteiger partial charge in [-0.15, -0.1) is 0 Å². The van der Waals surface area contributed by atoms with Gasteiger partial charge in [0.2, 0.25) is 0 Å². The number of hydrogen-bond donors (Lipinski definition) is 1. The molecule has 20 heavy (non-hydrogen) atoms. The fourth-order valence-electron chi connectivity index (χ4n) is 2.65. The highest BCUT2D eigenvalue weighted by atomic mass is 19.1. The lowest BCUT2D eigenvalue weighted by molar-refractivity contribution is 0.0590. The van der Waals surface area contributed by atoms with E-state index >= 15 is 0 Å². The highest BCUT2D eigenvalue weighted by molar-refractivity contribution is 5.24. The summed E-state index contributed by atoms with van der Waals surface area (Å²) in [5, 5.41) is 8.98. The third kappa shape index (κ3) is 3.78. The third-order valence-corrected chi connectivity index (χ3v) is 4.01. The van der Waals surface area contributed by atoms with E-state index in [0.29, 0.717) is 5.56 Å². The van der Waals surface area contributed by atoms with Crippen LogP contribution in [-0.4, -0.2) is 46.6 Å². The zero-order valence-corrected chi connectivity index (χ0v) is 12.7. The van der Waals surface area contributed by atoms with Gasteiger partial charge in [-0.05, 0) is 32.4 Å². The van der Waals surface area contributed by atoms with Crippen LogP contribution in [0.3, 0.4) is 0 Å². The highest BCUT2D eigenvalue weighted by Crippen LogP contribution is 2.18. The number of hydrogen-bond acceptors (Lipinski definition) is 3. The average Bonchev–Trinajstić information content (AvgIpc) is 2.38. The van der Waals surface area contributed by atoms with E-state index in [-0.39, 0.29) is 18.0 Å². The topological polar surface area (TPSA) is 26.7 Å². The monoisotopic (exact) mass is 280 g/mol. The maximum Gasteiger partial charge on any atom is 0.129 e. The van der Waals surface area contributed by atoms with Crippen molar-refractivity contribution in [2.45, 2.75) is 39.5 Å². The van der Waals surface area contributed by atoms with E-state index in [2.05, 4.69) is 30.6 Å². The van der Waals surface area contributed by atoms with Crippen LogP contribution < -0.4 is 0 Å². The molecule has 1 saturated heterocycles. The molecule has 1 aliphatic heterocycles. The van der Waals surface area contributed by atoms with Crippen LogP contribution >= 0.6 is 0 Å². The molecule has 0 radical (unpaired) electrons. The number of nitrogens with zero attached hydrogens (tertiary/aromatic N) is 2. The fraction of sp³-hybridized carbons (Fsp3) is 0.625. The van der Waals surface area contributed by atoms with Crippen LogP contribution in [0.25, 0.3) is 0 Å². The highest BCUT2D eigenvalue weighted by Gasteiger charge is 2.25. The van der Waals surface area contributed by atoms with Crippen LogP contribution in [0.15, 0.2) is 18.2 Å². The molecule has 1 aromatic carbocycles. The second-order valence-corrected chi connectivity index (χ2v) is 6.52. The summed E-state index contributed by atoms with van der Waals surface area (Å²) >= 11 is 0. The van der Waals surface area contributed by atoms with Gasteiger partial charge in [0.1, 0.15) is 5.82 Å². The van der Waals surface area contributed by atoms with Gasteiger partial charge in [-0.3, -0.25) is 9.80 Å². The summed E-state index contributed by atoms with van der Waals surface area (Å²) in [7, 11) is 0. The number of piperazine rings is 1. The van der Waals surface area contributed by atoms with E-state index in [1.54, 1.807) is 12.1 Å². The molecule has 1 N–H and O–H groups in total. The Balaban J connectivity index is 1.91. The normalized spacial score (nSPS) is 18.4. The predicted octanol–water partition coefficient (Wildman–Crippen LogP) is 2.23. The molecule has 3 nitrogen and oxygen atoms in total. The van der Waals surface area contributed by atoms with Crippen molar-refractivity contribution in [3.05, 3.63) is 35.1 Å². The Kier molecular flexibility index (Phi) is 4.78. The molecular weight excluding hydrogens is 255 g/mol. The molecule has 1 aromatic rings. The lowest BCUT2D eigenvalue weighted by atomic mass is 10.0. The van der Waals surface area contributed by atoms with Gasteiger partial charge in [0.25, 0.3) is 0 Å². The van der Waals surface area contributed by atoms with E-state index in [1.165, 1.54) is 0 Å². The van der Waals surface area contributed by atoms with Gasteiger partial charge in [0.15, 0.2) is 0 Å². The van der Waals surface area contributed by atoms with Gasteiger partial charge in [0.05, 0.1) is 6.61 Å². The van der Waals surface area contributed by atoms with Crippen molar-refractivity contribution in [2.24, 2.45) is 0 Å². The van der Waals surface area contributed by atoms with Crippen molar-refractivity contribution in [3.8, 4) is 0 Å². The quantitative estimate of drug-likeness (QED) is 0.920. The minimum absolute atomic E-state index is 0.223. The number of aliphatic hydroxyl groups excluding tert-OH is 1. The van der Waals surface area contributed by atoms with Gasteiger partial charge in [-0.1, -0.05) is 12.1 Å². The molecule has 1 fully saturated rings. The van der Waals surface area contributed by atoms with Crippen molar-refractivity contribution in [1.82, 2.24) is 9.80 Å². The summed E-state index contributed by atoms with van der Waals surface area (Å²) in [6, 6.07) is 5.13. The Morgan fingerprint density at radius 3 is 2.30 bits per heavy atom. The number of halogens is 1. The molecule has 0 saturated carbocycles. The predicted molar refractivity (Wildman–Crippen MR) is 78.9 cm³/mol. The van der Waals surface area contributed by atoms with Crippen molar-refractivity contribution in [1.29, 1.82) is 0 Å². The first kappa shape index (κ1) is 15.4. The molecule has 2 rings (SSSR count). The molecule has 112 valence electrons. The number of benzene rings is 1. The van der Waals surface area contributed by atoms with E-state index in [4.69, 9.17) is 5.11 Å². The molecule has 0 spiro atoms. The Morgan fingerprint density at radius 1 is 1.15 bits per heavy atom. The SMILES string of the molecule is CC(C)(C)N1CCN(Cc2ccc(CO)c(F)c2)CC1.